The van der Waals surface area contributed by atoms with Gasteiger partial charge in [0.1, 0.15) is 0 Å². The van der Waals surface area contributed by atoms with Crippen LogP contribution in [0.5, 0.6) is 0 Å². The predicted molar refractivity (Wildman–Crippen MR) is 358 cm³/mol. The Balaban J connectivity index is 0.00000146. The van der Waals surface area contributed by atoms with Crippen molar-refractivity contribution in [2.75, 3.05) is 24.6 Å². The van der Waals surface area contributed by atoms with Crippen LogP contribution in [0.2, 0.25) is 0 Å². The van der Waals surface area contributed by atoms with Crippen LogP contribution >= 0.6 is 69.8 Å². The van der Waals surface area contributed by atoms with E-state index >= 15 is 0 Å². The van der Waals surface area contributed by atoms with Crippen LogP contribution in [0.4, 0.5) is 0 Å². The molecule has 1 fully saturated rings. The Kier molecular flexibility index (Phi) is 50.7. The van der Waals surface area contributed by atoms with E-state index in [4.69, 9.17) is 0 Å². The van der Waals surface area contributed by atoms with Gasteiger partial charge in [-0.1, -0.05) is 243 Å². The average Bonchev–Trinajstić information content (AvgIpc) is 3.87. The van der Waals surface area contributed by atoms with E-state index in [0.717, 1.165) is 0 Å². The fraction of sp³-hybridized carbons (Fsp3) is 0.130. The first-order valence-corrected chi connectivity index (χ1v) is 39.6. The zero-order valence-corrected chi connectivity index (χ0v) is 58.3. The maximum absolute atomic E-state index is 4.49. The molecular formula is C69H74Cl4P4Pd4+4. The average molecular weight is 1590 g/mol. The van der Waals surface area contributed by atoms with Crippen molar-refractivity contribution in [3.05, 3.63) is 324 Å². The fourth-order valence-electron chi connectivity index (χ4n) is 9.62. The van der Waals surface area contributed by atoms with E-state index in [-0.39, 0.29) is 0 Å². The van der Waals surface area contributed by atoms with Gasteiger partial charge in [0, 0.05) is 0 Å². The number of rotatable bonds is 16. The largest absolute Gasteiger partial charge is 0.0622 e. The molecule has 8 aromatic rings. The summed E-state index contributed by atoms with van der Waals surface area (Å²) >= 11 is 8.89. The molecule has 0 nitrogen and oxygen atoms in total. The van der Waals surface area contributed by atoms with Gasteiger partial charge >= 0.3 is 111 Å². The number of benzene rings is 8. The summed E-state index contributed by atoms with van der Waals surface area (Å²) in [6.07, 6.45) is 12.1. The number of hydrogen-bond donors (Lipinski definition) is 0. The van der Waals surface area contributed by atoms with Crippen LogP contribution in [0.25, 0.3) is 0 Å². The first-order chi connectivity index (χ1) is 39.9. The third-order valence-corrected chi connectivity index (χ3v) is 23.1. The summed E-state index contributed by atoms with van der Waals surface area (Å²) in [5, 5.41) is 12.0. The standard InChI is InChI=1S/C57H54P4.4C3H5.4ClH.4Pd/c1-9-25-48(26-10-1)58(49-27-11-2-12-28-49)42-46-41-47(43-59(50-29-13-3-14-30-50)51-31-15-4-16-32-51)57(45-61(54-37-21-7-22-38-54)55-39-23-8-24-40-55)56(46)44-60(52-33-17-5-18-34-52)53-35-19-6-20-36-53;4*1-3-2;;;;;;;;/h1-40,46-47,56-57H,41-45H2;4*3H,1-2H2;4*1H;;;;/q;;;;;;;;;4*+2/p-4/t46-,47+,56+,57-;;;;;;;;;;;;. The van der Waals surface area contributed by atoms with Crippen molar-refractivity contribution in [1.29, 1.82) is 0 Å². The predicted octanol–water partition coefficient (Wildman–Crippen LogP) is 17.6. The van der Waals surface area contributed by atoms with Crippen LogP contribution in [0.15, 0.2) is 243 Å². The molecule has 12 heteroatoms. The zero-order chi connectivity index (χ0) is 59.9. The van der Waals surface area contributed by atoms with Crippen molar-refractivity contribution in [2.24, 2.45) is 23.7 Å². The quantitative estimate of drug-likeness (QED) is 0.0668. The molecular weight excluding hydrogens is 1520 g/mol. The molecule has 81 heavy (non-hydrogen) atoms. The summed E-state index contributed by atoms with van der Waals surface area (Å²) in [5.41, 5.74) is 0. The Labute approximate surface area is 557 Å². The van der Waals surface area contributed by atoms with Crippen LogP contribution in [0.1, 0.15) is 6.42 Å². The minimum absolute atomic E-state index is 0.558. The Morgan fingerprint density at radius 3 is 0.519 bits per heavy atom. The van der Waals surface area contributed by atoms with Crippen molar-refractivity contribution in [3.63, 3.8) is 0 Å². The SMILES string of the molecule is [CH2][CH][CH2].[CH2][CH][CH2].[CH2][CH][CH2].[CH2][CH][CH2].[Cl][Pd+].[Cl][Pd+].[Cl][Pd+].[Cl][Pd+].c1ccc(P(C[C@@H]2C[C@H](CP(c3ccccc3)c3ccccc3)[C@H](CP(c3ccccc3)c3ccccc3)[C@@H]2CP(c2ccccc2)c2ccccc2)c2ccccc2)cc1. The van der Waals surface area contributed by atoms with Gasteiger partial charge in [-0.2, -0.15) is 0 Å². The normalized spacial score (nSPS) is 14.5. The maximum Gasteiger partial charge on any atom is -0.0195 e. The van der Waals surface area contributed by atoms with Gasteiger partial charge in [0.15, 0.2) is 0 Å². The Morgan fingerprint density at radius 2 is 0.383 bits per heavy atom. The van der Waals surface area contributed by atoms with Gasteiger partial charge in [0.25, 0.3) is 0 Å². The summed E-state index contributed by atoms with van der Waals surface area (Å²) in [6, 6.07) is 92.3. The van der Waals surface area contributed by atoms with Crippen molar-refractivity contribution < 1.29 is 72.7 Å². The molecule has 9 rings (SSSR count). The first-order valence-electron chi connectivity index (χ1n) is 25.5. The van der Waals surface area contributed by atoms with Gasteiger partial charge in [0.2, 0.25) is 0 Å². The number of halogens is 4. The molecule has 0 amide bonds. The maximum atomic E-state index is 4.49. The molecule has 8 aromatic carbocycles. The Bertz CT molecular complexity index is 2250. The molecule has 0 bridgehead atoms. The summed E-state index contributed by atoms with van der Waals surface area (Å²) in [4.78, 5) is 0. The van der Waals surface area contributed by atoms with Crippen LogP contribution in [0.3, 0.4) is 0 Å². The van der Waals surface area contributed by atoms with E-state index in [2.05, 4.69) is 409 Å². The molecule has 0 heterocycles. The first kappa shape index (κ1) is 78.3. The van der Waals surface area contributed by atoms with Crippen LogP contribution in [-0.4, -0.2) is 24.6 Å². The minimum atomic E-state index is -0.589. The van der Waals surface area contributed by atoms with Gasteiger partial charge < -0.3 is 0 Å². The van der Waals surface area contributed by atoms with Gasteiger partial charge in [-0.15, -0.1) is 0 Å². The molecule has 0 unspecified atom stereocenters. The summed E-state index contributed by atoms with van der Waals surface area (Å²) < 4.78 is 0. The van der Waals surface area contributed by atoms with E-state index in [9.17, 15) is 0 Å². The van der Waals surface area contributed by atoms with E-state index in [1.807, 2.05) is 0 Å². The van der Waals surface area contributed by atoms with Crippen LogP contribution < -0.4 is 42.4 Å². The van der Waals surface area contributed by atoms with Gasteiger partial charge in [-0.05, 0) is 210 Å². The van der Waals surface area contributed by atoms with E-state index < -0.39 is 31.7 Å². The second-order valence-corrected chi connectivity index (χ2v) is 26.4. The van der Waals surface area contributed by atoms with E-state index in [0.29, 0.717) is 23.7 Å². The van der Waals surface area contributed by atoms with Crippen molar-refractivity contribution in [3.8, 4) is 0 Å². The van der Waals surface area contributed by atoms with Crippen LogP contribution in [-0.2, 0) is 72.7 Å². The third-order valence-electron chi connectivity index (χ3n) is 12.5. The summed E-state index contributed by atoms with van der Waals surface area (Å²) in [7, 11) is 15.7. The van der Waals surface area contributed by atoms with Gasteiger partial charge in [0.05, 0.1) is 0 Å². The van der Waals surface area contributed by atoms with E-state index in [1.54, 1.807) is 0 Å². The molecule has 0 saturated heterocycles. The molecule has 0 N–H and O–H groups in total. The molecule has 4 atom stereocenters. The smallest absolute Gasteiger partial charge is 0.0195 e. The van der Waals surface area contributed by atoms with Gasteiger partial charge in [-0.3, -0.25) is 0 Å². The summed E-state index contributed by atoms with van der Waals surface area (Å²) in [6.45, 7) is 26.0. The molecule has 1 saturated carbocycles. The molecule has 0 aromatic heterocycles. The zero-order valence-electron chi connectivity index (χ0n) is 45.5. The van der Waals surface area contributed by atoms with Gasteiger partial charge in [-0.25, -0.2) is 0 Å². The fourth-order valence-corrected chi connectivity index (χ4v) is 20.5. The van der Waals surface area contributed by atoms with Crippen molar-refractivity contribution in [1.82, 2.24) is 0 Å². The second kappa shape index (κ2) is 52.4. The molecule has 0 aliphatic heterocycles. The molecule has 0 spiro atoms. The monoisotopic (exact) mass is 1590 g/mol. The molecule has 434 valence electrons. The number of hydrogen-bond acceptors (Lipinski definition) is 0. The van der Waals surface area contributed by atoms with Crippen molar-refractivity contribution >= 4 is 112 Å². The van der Waals surface area contributed by atoms with Crippen molar-refractivity contribution in [2.45, 2.75) is 6.42 Å². The Morgan fingerprint density at radius 1 is 0.259 bits per heavy atom. The second-order valence-electron chi connectivity index (χ2n) is 17.4. The van der Waals surface area contributed by atoms with Crippen LogP contribution in [0, 0.1) is 105 Å². The molecule has 1 aliphatic carbocycles. The minimum Gasteiger partial charge on any atom is -0.0622 e. The van der Waals surface area contributed by atoms with E-state index in [1.165, 1.54) is 99.2 Å². The molecule has 12 radical (unpaired) electrons. The third kappa shape index (κ3) is 29.2. The summed E-state index contributed by atoms with van der Waals surface area (Å²) in [5.74, 6) is 2.31. The Hall–Kier alpha value is -0.711. The molecule has 1 aliphatic rings. The topological polar surface area (TPSA) is 0 Å².